The van der Waals surface area contributed by atoms with Gasteiger partial charge in [-0.1, -0.05) is 73.2 Å². The van der Waals surface area contributed by atoms with Crippen molar-refractivity contribution in [2.24, 2.45) is 0 Å². The van der Waals surface area contributed by atoms with Crippen molar-refractivity contribution in [1.82, 2.24) is 4.90 Å². The summed E-state index contributed by atoms with van der Waals surface area (Å²) in [6.45, 7) is 7.40. The highest BCUT2D eigenvalue weighted by Gasteiger charge is 2.43. The largest absolute Gasteiger partial charge is 0.489 e. The Bertz CT molecular complexity index is 1000. The Morgan fingerprint density at radius 3 is 2.45 bits per heavy atom. The number of ether oxygens (including phenoxy) is 2. The number of rotatable bonds is 9. The van der Waals surface area contributed by atoms with Gasteiger partial charge in [0, 0.05) is 25.6 Å². The molecule has 0 saturated carbocycles. The number of nitrogens with zero attached hydrogens (tertiary/aromatic N) is 1. The number of likely N-dealkylation sites (tertiary alicyclic amines) is 1. The normalized spacial score (nSPS) is 21.0. The molecule has 0 spiro atoms. The smallest absolute Gasteiger partial charge is 0.140 e. The molecule has 1 N–H and O–H groups in total. The van der Waals surface area contributed by atoms with Crippen molar-refractivity contribution in [3.05, 3.63) is 95.6 Å². The highest BCUT2D eigenvalue weighted by molar-refractivity contribution is 5.34. The minimum Gasteiger partial charge on any atom is -0.489 e. The van der Waals surface area contributed by atoms with Gasteiger partial charge in [-0.2, -0.15) is 0 Å². The van der Waals surface area contributed by atoms with E-state index in [0.29, 0.717) is 26.0 Å². The minimum atomic E-state index is -0.916. The van der Waals surface area contributed by atoms with Crippen molar-refractivity contribution < 1.29 is 14.6 Å². The van der Waals surface area contributed by atoms with Crippen molar-refractivity contribution in [1.29, 1.82) is 0 Å². The molecular weight excluding hydrogens is 410 g/mol. The molecule has 0 radical (unpaired) electrons. The van der Waals surface area contributed by atoms with Gasteiger partial charge in [-0.3, -0.25) is 4.90 Å². The first-order valence-corrected chi connectivity index (χ1v) is 12.0. The second-order valence-corrected chi connectivity index (χ2v) is 9.17. The fourth-order valence-electron chi connectivity index (χ4n) is 4.48. The first-order chi connectivity index (χ1) is 16.0. The van der Waals surface area contributed by atoms with Crippen LogP contribution in [-0.4, -0.2) is 41.3 Å². The van der Waals surface area contributed by atoms with E-state index in [-0.39, 0.29) is 6.10 Å². The molecule has 33 heavy (non-hydrogen) atoms. The maximum atomic E-state index is 11.7. The zero-order valence-corrected chi connectivity index (χ0v) is 19.7. The predicted molar refractivity (Wildman–Crippen MR) is 133 cm³/mol. The molecule has 4 nitrogen and oxygen atoms in total. The maximum absolute atomic E-state index is 11.7. The van der Waals surface area contributed by atoms with E-state index >= 15 is 0 Å². The third kappa shape index (κ3) is 6.37. The number of hydrogen-bond donors (Lipinski definition) is 1. The average molecular weight is 446 g/mol. The summed E-state index contributed by atoms with van der Waals surface area (Å²) in [5.41, 5.74) is 2.57. The summed E-state index contributed by atoms with van der Waals surface area (Å²) >= 11 is 0. The molecule has 1 aliphatic heterocycles. The highest BCUT2D eigenvalue weighted by atomic mass is 16.5. The first kappa shape index (κ1) is 23.3. The lowest BCUT2D eigenvalue weighted by Gasteiger charge is -2.44. The second kappa shape index (κ2) is 10.9. The van der Waals surface area contributed by atoms with Crippen LogP contribution >= 0.6 is 0 Å². The molecule has 0 aromatic heterocycles. The van der Waals surface area contributed by atoms with Gasteiger partial charge in [0.25, 0.3) is 0 Å². The molecule has 1 saturated heterocycles. The van der Waals surface area contributed by atoms with Crippen molar-refractivity contribution >= 4 is 0 Å². The number of aryl methyl sites for hydroxylation is 1. The summed E-state index contributed by atoms with van der Waals surface area (Å²) in [6, 6.07) is 26.3. The van der Waals surface area contributed by atoms with E-state index in [4.69, 9.17) is 9.47 Å². The Morgan fingerprint density at radius 1 is 0.939 bits per heavy atom. The van der Waals surface area contributed by atoms with Crippen LogP contribution in [0.5, 0.6) is 11.5 Å². The van der Waals surface area contributed by atoms with E-state index in [9.17, 15) is 5.11 Å². The monoisotopic (exact) mass is 445 g/mol. The topological polar surface area (TPSA) is 41.9 Å². The van der Waals surface area contributed by atoms with Crippen LogP contribution in [0.25, 0.3) is 0 Å². The SMILES string of the molecule is CCCN1CCC(O)(Cc2ccc(C)cc2)C(Oc2cccc(OCc3ccccc3)c2)C1. The quantitative estimate of drug-likeness (QED) is 0.478. The molecule has 1 heterocycles. The average Bonchev–Trinajstić information content (AvgIpc) is 2.83. The van der Waals surface area contributed by atoms with E-state index in [1.165, 1.54) is 5.56 Å². The van der Waals surface area contributed by atoms with E-state index in [2.05, 4.69) is 55.1 Å². The van der Waals surface area contributed by atoms with Gasteiger partial charge in [-0.15, -0.1) is 0 Å². The molecule has 2 atom stereocenters. The number of hydrogen-bond acceptors (Lipinski definition) is 4. The Labute approximate surface area is 197 Å². The van der Waals surface area contributed by atoms with Crippen molar-refractivity contribution in [3.8, 4) is 11.5 Å². The zero-order chi connectivity index (χ0) is 23.1. The lowest BCUT2D eigenvalue weighted by molar-refractivity contribution is -0.106. The van der Waals surface area contributed by atoms with Gasteiger partial charge in [0.1, 0.15) is 29.8 Å². The Kier molecular flexibility index (Phi) is 7.69. The van der Waals surface area contributed by atoms with Crippen LogP contribution in [0, 0.1) is 6.92 Å². The summed E-state index contributed by atoms with van der Waals surface area (Å²) in [6.07, 6.45) is 2.05. The van der Waals surface area contributed by atoms with Crippen LogP contribution in [0.15, 0.2) is 78.9 Å². The van der Waals surface area contributed by atoms with Crippen LogP contribution in [0.2, 0.25) is 0 Å². The Hall–Kier alpha value is -2.82. The predicted octanol–water partition coefficient (Wildman–Crippen LogP) is 5.41. The van der Waals surface area contributed by atoms with Crippen LogP contribution < -0.4 is 9.47 Å². The molecule has 0 bridgehead atoms. The lowest BCUT2D eigenvalue weighted by atomic mass is 9.82. The maximum Gasteiger partial charge on any atom is 0.140 e. The van der Waals surface area contributed by atoms with Crippen molar-refractivity contribution in [2.75, 3.05) is 19.6 Å². The summed E-state index contributed by atoms with van der Waals surface area (Å²) in [5.74, 6) is 1.49. The summed E-state index contributed by atoms with van der Waals surface area (Å²) < 4.78 is 12.5. The van der Waals surface area contributed by atoms with Crippen molar-refractivity contribution in [2.45, 2.75) is 51.4 Å². The highest BCUT2D eigenvalue weighted by Crippen LogP contribution is 2.32. The first-order valence-electron chi connectivity index (χ1n) is 12.0. The second-order valence-electron chi connectivity index (χ2n) is 9.17. The van der Waals surface area contributed by atoms with Gasteiger partial charge in [-0.25, -0.2) is 0 Å². The minimum absolute atomic E-state index is 0.316. The third-order valence-corrected chi connectivity index (χ3v) is 6.39. The third-order valence-electron chi connectivity index (χ3n) is 6.39. The molecule has 1 fully saturated rings. The number of aliphatic hydroxyl groups is 1. The van der Waals surface area contributed by atoms with Crippen LogP contribution in [0.3, 0.4) is 0 Å². The van der Waals surface area contributed by atoms with E-state index in [1.807, 2.05) is 42.5 Å². The van der Waals surface area contributed by atoms with Gasteiger partial charge in [0.05, 0.1) is 0 Å². The van der Waals surface area contributed by atoms with Crippen molar-refractivity contribution in [3.63, 3.8) is 0 Å². The molecule has 2 unspecified atom stereocenters. The molecule has 0 aliphatic carbocycles. The van der Waals surface area contributed by atoms with Gasteiger partial charge < -0.3 is 14.6 Å². The van der Waals surface area contributed by atoms with Gasteiger partial charge in [-0.05, 0) is 49.6 Å². The fourth-order valence-corrected chi connectivity index (χ4v) is 4.48. The Balaban J connectivity index is 1.48. The van der Waals surface area contributed by atoms with Gasteiger partial charge in [0.15, 0.2) is 0 Å². The molecular formula is C29H35NO3. The molecule has 1 aliphatic rings. The fraction of sp³-hybridized carbons (Fsp3) is 0.379. The van der Waals surface area contributed by atoms with E-state index < -0.39 is 5.60 Å². The van der Waals surface area contributed by atoms with Gasteiger partial charge in [0.2, 0.25) is 0 Å². The van der Waals surface area contributed by atoms with Crippen LogP contribution in [0.4, 0.5) is 0 Å². The Morgan fingerprint density at radius 2 is 1.70 bits per heavy atom. The van der Waals surface area contributed by atoms with Crippen LogP contribution in [0.1, 0.15) is 36.5 Å². The number of benzene rings is 3. The summed E-state index contributed by atoms with van der Waals surface area (Å²) in [7, 11) is 0. The molecule has 174 valence electrons. The summed E-state index contributed by atoms with van der Waals surface area (Å²) in [4.78, 5) is 2.39. The van der Waals surface area contributed by atoms with E-state index in [1.54, 1.807) is 0 Å². The van der Waals surface area contributed by atoms with Gasteiger partial charge >= 0.3 is 0 Å². The molecule has 4 heteroatoms. The molecule has 3 aromatic rings. The molecule has 0 amide bonds. The number of piperidine rings is 1. The standard InChI is InChI=1S/C29H35NO3/c1-3-17-30-18-16-29(31,20-24-14-12-23(2)13-15-24)28(21-30)33-27-11-7-10-26(19-27)32-22-25-8-5-4-6-9-25/h4-15,19,28,31H,3,16-18,20-22H2,1-2H3. The molecule has 3 aromatic carbocycles. The van der Waals surface area contributed by atoms with Crippen LogP contribution in [-0.2, 0) is 13.0 Å². The van der Waals surface area contributed by atoms with E-state index in [0.717, 1.165) is 42.1 Å². The lowest BCUT2D eigenvalue weighted by Crippen LogP contribution is -2.59. The zero-order valence-electron chi connectivity index (χ0n) is 19.7. The summed E-state index contributed by atoms with van der Waals surface area (Å²) in [5, 5.41) is 11.7. The molecule has 4 rings (SSSR count).